The Morgan fingerprint density at radius 2 is 2.07 bits per heavy atom. The van der Waals surface area contributed by atoms with Gasteiger partial charge in [0.25, 0.3) is 5.91 Å². The van der Waals surface area contributed by atoms with Gasteiger partial charge in [0, 0.05) is 44.6 Å². The van der Waals surface area contributed by atoms with Gasteiger partial charge < -0.3 is 14.3 Å². The normalized spacial score (nSPS) is 19.2. The Balaban J connectivity index is 1.35. The fourth-order valence-electron chi connectivity index (χ4n) is 4.01. The predicted octanol–water partition coefficient (Wildman–Crippen LogP) is 2.35. The van der Waals surface area contributed by atoms with E-state index in [9.17, 15) is 9.59 Å². The summed E-state index contributed by atoms with van der Waals surface area (Å²) in [4.78, 5) is 37.4. The zero-order valence-electron chi connectivity index (χ0n) is 17.0. The van der Waals surface area contributed by atoms with Gasteiger partial charge in [-0.3, -0.25) is 9.59 Å². The molecule has 2 aliphatic rings. The molecule has 1 atom stereocenters. The van der Waals surface area contributed by atoms with Crippen molar-refractivity contribution in [3.8, 4) is 0 Å². The van der Waals surface area contributed by atoms with Crippen molar-refractivity contribution in [2.24, 2.45) is 0 Å². The van der Waals surface area contributed by atoms with E-state index in [0.717, 1.165) is 30.8 Å². The number of hydrogen-bond acceptors (Lipinski definition) is 6. The van der Waals surface area contributed by atoms with Crippen molar-refractivity contribution in [2.45, 2.75) is 57.9 Å². The van der Waals surface area contributed by atoms with E-state index in [-0.39, 0.29) is 17.9 Å². The average Bonchev–Trinajstić information content (AvgIpc) is 3.30. The largest absolute Gasteiger partial charge is 0.339 e. The molecule has 0 aromatic carbocycles. The van der Waals surface area contributed by atoms with E-state index < -0.39 is 0 Å². The van der Waals surface area contributed by atoms with Crippen molar-refractivity contribution in [3.05, 3.63) is 41.3 Å². The van der Waals surface area contributed by atoms with Crippen LogP contribution in [0.2, 0.25) is 0 Å². The van der Waals surface area contributed by atoms with Gasteiger partial charge in [0.1, 0.15) is 5.69 Å². The quantitative estimate of drug-likeness (QED) is 0.743. The molecule has 0 N–H and O–H groups in total. The van der Waals surface area contributed by atoms with Gasteiger partial charge in [0.05, 0.1) is 6.04 Å². The summed E-state index contributed by atoms with van der Waals surface area (Å²) in [5, 5.41) is 4.07. The first-order valence-electron chi connectivity index (χ1n) is 10.3. The van der Waals surface area contributed by atoms with E-state index in [1.165, 1.54) is 6.42 Å². The number of amides is 2. The number of carbonyl (C=O) groups is 2. The van der Waals surface area contributed by atoms with E-state index >= 15 is 0 Å². The maximum absolute atomic E-state index is 12.7. The molecular weight excluding hydrogens is 370 g/mol. The van der Waals surface area contributed by atoms with Crippen LogP contribution in [-0.2, 0) is 11.2 Å². The van der Waals surface area contributed by atoms with Crippen molar-refractivity contribution < 1.29 is 14.1 Å². The Morgan fingerprint density at radius 1 is 1.24 bits per heavy atom. The minimum atomic E-state index is -0.0805. The molecule has 8 heteroatoms. The third-order valence-corrected chi connectivity index (χ3v) is 5.92. The Morgan fingerprint density at radius 3 is 2.76 bits per heavy atom. The lowest BCUT2D eigenvalue weighted by molar-refractivity contribution is -0.130. The van der Waals surface area contributed by atoms with Crippen LogP contribution in [0.5, 0.6) is 0 Å². The lowest BCUT2D eigenvalue weighted by Crippen LogP contribution is -2.42. The van der Waals surface area contributed by atoms with Crippen LogP contribution in [0.15, 0.2) is 22.7 Å². The molecule has 0 radical (unpaired) electrons. The third kappa shape index (κ3) is 4.31. The molecule has 2 amide bonds. The molecule has 154 valence electrons. The summed E-state index contributed by atoms with van der Waals surface area (Å²) >= 11 is 0. The lowest BCUT2D eigenvalue weighted by Gasteiger charge is -2.27. The standard InChI is InChI=1S/C21H27N5O3/c1-14-5-3-8-18(22-14)21(28)25-11-9-17(13-25)26(15(2)27)12-10-19-23-20(29-24-19)16-6-4-7-16/h3,5,8,16-17H,4,6-7,9-13H2,1-2H3. The molecule has 1 aliphatic carbocycles. The van der Waals surface area contributed by atoms with Crippen LogP contribution in [0.3, 0.4) is 0 Å². The van der Waals surface area contributed by atoms with Gasteiger partial charge >= 0.3 is 0 Å². The first kappa shape index (κ1) is 19.5. The Labute approximate surface area is 170 Å². The first-order chi connectivity index (χ1) is 14.0. The highest BCUT2D eigenvalue weighted by Crippen LogP contribution is 2.35. The highest BCUT2D eigenvalue weighted by molar-refractivity contribution is 5.92. The van der Waals surface area contributed by atoms with Crippen molar-refractivity contribution in [2.75, 3.05) is 19.6 Å². The number of pyridine rings is 1. The predicted molar refractivity (Wildman–Crippen MR) is 105 cm³/mol. The van der Waals surface area contributed by atoms with Gasteiger partial charge in [-0.15, -0.1) is 0 Å². The fourth-order valence-corrected chi connectivity index (χ4v) is 4.01. The van der Waals surface area contributed by atoms with Gasteiger partial charge in [0.15, 0.2) is 5.82 Å². The van der Waals surface area contributed by atoms with E-state index in [1.807, 2.05) is 24.0 Å². The molecule has 4 rings (SSSR count). The van der Waals surface area contributed by atoms with Gasteiger partial charge in [0.2, 0.25) is 11.8 Å². The summed E-state index contributed by atoms with van der Waals surface area (Å²) in [6.07, 6.45) is 4.76. The highest BCUT2D eigenvalue weighted by atomic mass is 16.5. The summed E-state index contributed by atoms with van der Waals surface area (Å²) in [6.45, 7) is 5.11. The SMILES string of the molecule is CC(=O)N(CCc1noc(C2CCC2)n1)C1CCN(C(=O)c2cccc(C)n2)C1. The van der Waals surface area contributed by atoms with Gasteiger partial charge in [-0.25, -0.2) is 4.98 Å². The molecule has 1 aliphatic heterocycles. The average molecular weight is 397 g/mol. The monoisotopic (exact) mass is 397 g/mol. The lowest BCUT2D eigenvalue weighted by atomic mass is 9.85. The van der Waals surface area contributed by atoms with Crippen LogP contribution >= 0.6 is 0 Å². The molecule has 3 heterocycles. The second kappa shape index (κ2) is 8.31. The molecule has 8 nitrogen and oxygen atoms in total. The number of aromatic nitrogens is 3. The number of nitrogens with zero attached hydrogens (tertiary/aromatic N) is 5. The van der Waals surface area contributed by atoms with E-state index in [2.05, 4.69) is 15.1 Å². The summed E-state index contributed by atoms with van der Waals surface area (Å²) < 4.78 is 5.37. The van der Waals surface area contributed by atoms with Crippen LogP contribution in [0.1, 0.15) is 66.4 Å². The summed E-state index contributed by atoms with van der Waals surface area (Å²) in [5.74, 6) is 1.70. The van der Waals surface area contributed by atoms with Crippen LogP contribution in [-0.4, -0.2) is 62.4 Å². The minimum absolute atomic E-state index is 0.000640. The van der Waals surface area contributed by atoms with Crippen molar-refractivity contribution in [1.29, 1.82) is 0 Å². The molecule has 1 saturated heterocycles. The molecule has 2 aromatic heterocycles. The molecule has 1 unspecified atom stereocenters. The summed E-state index contributed by atoms with van der Waals surface area (Å²) in [5.41, 5.74) is 1.27. The second-order valence-corrected chi connectivity index (χ2v) is 8.00. The molecule has 2 aromatic rings. The Hall–Kier alpha value is -2.77. The van der Waals surface area contributed by atoms with Crippen LogP contribution < -0.4 is 0 Å². The molecule has 29 heavy (non-hydrogen) atoms. The number of carbonyl (C=O) groups excluding carboxylic acids is 2. The van der Waals surface area contributed by atoms with E-state index in [0.29, 0.717) is 43.5 Å². The van der Waals surface area contributed by atoms with Crippen molar-refractivity contribution >= 4 is 11.8 Å². The topological polar surface area (TPSA) is 92.4 Å². The third-order valence-electron chi connectivity index (χ3n) is 5.92. The Bertz CT molecular complexity index is 892. The van der Waals surface area contributed by atoms with Gasteiger partial charge in [-0.1, -0.05) is 17.6 Å². The fraction of sp³-hybridized carbons (Fsp3) is 0.571. The van der Waals surface area contributed by atoms with Crippen LogP contribution in [0.4, 0.5) is 0 Å². The highest BCUT2D eigenvalue weighted by Gasteiger charge is 2.33. The molecule has 0 spiro atoms. The Kier molecular flexibility index (Phi) is 5.60. The molecular formula is C21H27N5O3. The maximum atomic E-state index is 12.7. The number of aryl methyl sites for hydroxylation is 1. The zero-order valence-corrected chi connectivity index (χ0v) is 17.0. The maximum Gasteiger partial charge on any atom is 0.272 e. The number of hydrogen-bond donors (Lipinski definition) is 0. The second-order valence-electron chi connectivity index (χ2n) is 8.00. The van der Waals surface area contributed by atoms with Crippen molar-refractivity contribution in [1.82, 2.24) is 24.9 Å². The zero-order chi connectivity index (χ0) is 20.4. The molecule has 2 fully saturated rings. The molecule has 0 bridgehead atoms. The molecule has 1 saturated carbocycles. The number of rotatable bonds is 6. The van der Waals surface area contributed by atoms with E-state index in [4.69, 9.17) is 4.52 Å². The van der Waals surface area contributed by atoms with Gasteiger partial charge in [-0.05, 0) is 38.3 Å². The first-order valence-corrected chi connectivity index (χ1v) is 10.3. The summed E-state index contributed by atoms with van der Waals surface area (Å²) in [7, 11) is 0. The van der Waals surface area contributed by atoms with Crippen molar-refractivity contribution in [3.63, 3.8) is 0 Å². The minimum Gasteiger partial charge on any atom is -0.339 e. The van der Waals surface area contributed by atoms with Gasteiger partial charge in [-0.2, -0.15) is 4.98 Å². The van der Waals surface area contributed by atoms with Crippen LogP contribution in [0, 0.1) is 6.92 Å². The number of likely N-dealkylation sites (tertiary alicyclic amines) is 1. The van der Waals surface area contributed by atoms with Crippen LogP contribution in [0.25, 0.3) is 0 Å². The summed E-state index contributed by atoms with van der Waals surface area (Å²) in [6, 6.07) is 5.45. The van der Waals surface area contributed by atoms with E-state index in [1.54, 1.807) is 17.9 Å². The smallest absolute Gasteiger partial charge is 0.272 e.